The SMILES string of the molecule is Cc1cnc([C@H]2CN(S(=O)(=O)c3ccccc3C)CCO2)[nH]1. The Balaban J connectivity index is 1.87. The average molecular weight is 321 g/mol. The van der Waals surface area contributed by atoms with Crippen LogP contribution in [-0.2, 0) is 14.8 Å². The fourth-order valence-corrected chi connectivity index (χ4v) is 4.24. The number of aromatic nitrogens is 2. The Morgan fingerprint density at radius 2 is 2.09 bits per heavy atom. The second kappa shape index (κ2) is 5.83. The highest BCUT2D eigenvalue weighted by Gasteiger charge is 2.33. The molecule has 2 aromatic rings. The molecule has 0 aliphatic carbocycles. The standard InChI is InChI=1S/C15H19N3O3S/c1-11-5-3-4-6-14(11)22(19,20)18-7-8-21-13(10-18)15-16-9-12(2)17-15/h3-6,9,13H,7-8,10H2,1-2H3,(H,16,17)/t13-/m1/s1. The number of morpholine rings is 1. The zero-order valence-corrected chi connectivity index (χ0v) is 13.4. The molecule has 6 nitrogen and oxygen atoms in total. The minimum Gasteiger partial charge on any atom is -0.368 e. The summed E-state index contributed by atoms with van der Waals surface area (Å²) in [7, 11) is -3.52. The Morgan fingerprint density at radius 3 is 2.77 bits per heavy atom. The average Bonchev–Trinajstić information content (AvgIpc) is 2.94. The number of hydrogen-bond donors (Lipinski definition) is 1. The van der Waals surface area contributed by atoms with Crippen molar-refractivity contribution in [1.82, 2.24) is 14.3 Å². The number of ether oxygens (including phenoxy) is 1. The van der Waals surface area contributed by atoms with E-state index in [2.05, 4.69) is 9.97 Å². The summed E-state index contributed by atoms with van der Waals surface area (Å²) in [5, 5.41) is 0. The maximum absolute atomic E-state index is 12.8. The number of nitrogens with zero attached hydrogens (tertiary/aromatic N) is 2. The minimum absolute atomic E-state index is 0.267. The molecule has 0 amide bonds. The molecular weight excluding hydrogens is 302 g/mol. The predicted molar refractivity (Wildman–Crippen MR) is 82.0 cm³/mol. The van der Waals surface area contributed by atoms with E-state index in [4.69, 9.17) is 4.74 Å². The summed E-state index contributed by atoms with van der Waals surface area (Å²) in [6, 6.07) is 7.03. The molecule has 0 spiro atoms. The van der Waals surface area contributed by atoms with Gasteiger partial charge in [-0.3, -0.25) is 0 Å². The number of rotatable bonds is 3. The van der Waals surface area contributed by atoms with Gasteiger partial charge in [0.15, 0.2) is 0 Å². The normalized spacial score (nSPS) is 20.2. The molecule has 1 aliphatic rings. The van der Waals surface area contributed by atoms with Gasteiger partial charge in [-0.2, -0.15) is 4.31 Å². The first kappa shape index (κ1) is 15.2. The number of benzene rings is 1. The van der Waals surface area contributed by atoms with Gasteiger partial charge in [-0.15, -0.1) is 0 Å². The zero-order chi connectivity index (χ0) is 15.7. The van der Waals surface area contributed by atoms with Gasteiger partial charge in [0.2, 0.25) is 10.0 Å². The Morgan fingerprint density at radius 1 is 1.32 bits per heavy atom. The van der Waals surface area contributed by atoms with Crippen LogP contribution in [0.4, 0.5) is 0 Å². The molecule has 22 heavy (non-hydrogen) atoms. The largest absolute Gasteiger partial charge is 0.368 e. The van der Waals surface area contributed by atoms with Crippen molar-refractivity contribution in [2.75, 3.05) is 19.7 Å². The number of imidazole rings is 1. The second-order valence-electron chi connectivity index (χ2n) is 5.44. The summed E-state index contributed by atoms with van der Waals surface area (Å²) in [6.45, 7) is 4.69. The highest BCUT2D eigenvalue weighted by Crippen LogP contribution is 2.26. The van der Waals surface area contributed by atoms with Crippen LogP contribution >= 0.6 is 0 Å². The van der Waals surface area contributed by atoms with Crippen LogP contribution in [0.25, 0.3) is 0 Å². The van der Waals surface area contributed by atoms with Gasteiger partial charge >= 0.3 is 0 Å². The van der Waals surface area contributed by atoms with Crippen molar-refractivity contribution in [2.45, 2.75) is 24.8 Å². The number of nitrogens with one attached hydrogen (secondary N) is 1. The number of sulfonamides is 1. The summed E-state index contributed by atoms with van der Waals surface area (Å²) >= 11 is 0. The van der Waals surface area contributed by atoms with E-state index < -0.39 is 10.0 Å². The third-order valence-corrected chi connectivity index (χ3v) is 5.79. The van der Waals surface area contributed by atoms with Gasteiger partial charge in [0.1, 0.15) is 11.9 Å². The number of aryl methyl sites for hydroxylation is 2. The molecule has 118 valence electrons. The molecular formula is C15H19N3O3S. The van der Waals surface area contributed by atoms with Gasteiger partial charge in [-0.05, 0) is 25.5 Å². The predicted octanol–water partition coefficient (Wildman–Crippen LogP) is 1.79. The van der Waals surface area contributed by atoms with Crippen LogP contribution in [0.15, 0.2) is 35.4 Å². The van der Waals surface area contributed by atoms with Crippen LogP contribution in [-0.4, -0.2) is 42.4 Å². The van der Waals surface area contributed by atoms with Crippen LogP contribution in [0.3, 0.4) is 0 Å². The highest BCUT2D eigenvalue weighted by atomic mass is 32.2. The van der Waals surface area contributed by atoms with E-state index in [1.54, 1.807) is 31.3 Å². The Labute approximate surface area is 130 Å². The van der Waals surface area contributed by atoms with Gasteiger partial charge in [-0.25, -0.2) is 13.4 Å². The first-order chi connectivity index (χ1) is 10.5. The lowest BCUT2D eigenvalue weighted by Gasteiger charge is -2.31. The van der Waals surface area contributed by atoms with Crippen LogP contribution < -0.4 is 0 Å². The Hall–Kier alpha value is -1.70. The van der Waals surface area contributed by atoms with Gasteiger partial charge in [-0.1, -0.05) is 18.2 Å². The molecule has 2 heterocycles. The monoisotopic (exact) mass is 321 g/mol. The molecule has 1 fully saturated rings. The van der Waals surface area contributed by atoms with E-state index in [0.29, 0.717) is 23.9 Å². The van der Waals surface area contributed by atoms with E-state index in [-0.39, 0.29) is 12.6 Å². The van der Waals surface area contributed by atoms with E-state index in [9.17, 15) is 8.42 Å². The molecule has 1 saturated heterocycles. The lowest BCUT2D eigenvalue weighted by atomic mass is 10.2. The quantitative estimate of drug-likeness (QED) is 0.935. The van der Waals surface area contributed by atoms with E-state index in [0.717, 1.165) is 11.3 Å². The maximum Gasteiger partial charge on any atom is 0.243 e. The molecule has 0 saturated carbocycles. The fraction of sp³-hybridized carbons (Fsp3) is 0.400. The fourth-order valence-electron chi connectivity index (χ4n) is 2.59. The van der Waals surface area contributed by atoms with Crippen LogP contribution in [0, 0.1) is 13.8 Å². The van der Waals surface area contributed by atoms with E-state index in [1.807, 2.05) is 13.0 Å². The topological polar surface area (TPSA) is 75.3 Å². The summed E-state index contributed by atoms with van der Waals surface area (Å²) in [4.78, 5) is 7.71. The molecule has 0 bridgehead atoms. The van der Waals surface area contributed by atoms with Crippen molar-refractivity contribution >= 4 is 10.0 Å². The summed E-state index contributed by atoms with van der Waals surface area (Å²) in [5.74, 6) is 0.669. The highest BCUT2D eigenvalue weighted by molar-refractivity contribution is 7.89. The van der Waals surface area contributed by atoms with Gasteiger partial charge in [0.25, 0.3) is 0 Å². The van der Waals surface area contributed by atoms with E-state index in [1.165, 1.54) is 4.31 Å². The molecule has 1 aromatic heterocycles. The summed E-state index contributed by atoms with van der Waals surface area (Å²) in [5.41, 5.74) is 1.68. The number of aromatic amines is 1. The van der Waals surface area contributed by atoms with Gasteiger partial charge in [0, 0.05) is 25.0 Å². The third-order valence-electron chi connectivity index (χ3n) is 3.77. The lowest BCUT2D eigenvalue weighted by Crippen LogP contribution is -2.42. The van der Waals surface area contributed by atoms with Gasteiger partial charge in [0.05, 0.1) is 11.5 Å². The molecule has 7 heteroatoms. The van der Waals surface area contributed by atoms with Crippen LogP contribution in [0.1, 0.15) is 23.2 Å². The van der Waals surface area contributed by atoms with Crippen LogP contribution in [0.2, 0.25) is 0 Å². The van der Waals surface area contributed by atoms with Crippen molar-refractivity contribution in [3.8, 4) is 0 Å². The molecule has 1 N–H and O–H groups in total. The van der Waals surface area contributed by atoms with Crippen molar-refractivity contribution in [3.05, 3.63) is 47.5 Å². The molecule has 0 unspecified atom stereocenters. The summed E-state index contributed by atoms with van der Waals surface area (Å²) in [6.07, 6.45) is 1.36. The number of hydrogen-bond acceptors (Lipinski definition) is 4. The molecule has 1 aliphatic heterocycles. The number of H-pyrrole nitrogens is 1. The third kappa shape index (κ3) is 2.79. The first-order valence-corrected chi connectivity index (χ1v) is 8.61. The smallest absolute Gasteiger partial charge is 0.243 e. The minimum atomic E-state index is -3.52. The maximum atomic E-state index is 12.8. The van der Waals surface area contributed by atoms with E-state index >= 15 is 0 Å². The Bertz CT molecular complexity index is 770. The molecule has 1 aromatic carbocycles. The lowest BCUT2D eigenvalue weighted by molar-refractivity contribution is -0.00711. The molecule has 3 rings (SSSR count). The summed E-state index contributed by atoms with van der Waals surface area (Å²) < 4.78 is 32.8. The van der Waals surface area contributed by atoms with Crippen molar-refractivity contribution in [1.29, 1.82) is 0 Å². The second-order valence-corrected chi connectivity index (χ2v) is 7.35. The van der Waals surface area contributed by atoms with Gasteiger partial charge < -0.3 is 9.72 Å². The zero-order valence-electron chi connectivity index (χ0n) is 12.6. The molecule has 1 atom stereocenters. The van der Waals surface area contributed by atoms with Crippen molar-refractivity contribution < 1.29 is 13.2 Å². The van der Waals surface area contributed by atoms with Crippen LogP contribution in [0.5, 0.6) is 0 Å². The first-order valence-electron chi connectivity index (χ1n) is 7.17. The Kier molecular flexibility index (Phi) is 4.03. The molecule has 0 radical (unpaired) electrons. The van der Waals surface area contributed by atoms with Crippen molar-refractivity contribution in [3.63, 3.8) is 0 Å². The van der Waals surface area contributed by atoms with Crippen molar-refractivity contribution in [2.24, 2.45) is 0 Å².